The number of rotatable bonds is 1. The van der Waals surface area contributed by atoms with Gasteiger partial charge in [0, 0.05) is 11.1 Å². The van der Waals surface area contributed by atoms with Crippen molar-refractivity contribution in [2.45, 2.75) is 0 Å². The fourth-order valence-corrected chi connectivity index (χ4v) is 2.88. The quantitative estimate of drug-likeness (QED) is 0.877. The molecular weight excluding hydrogens is 281 g/mol. The molecule has 0 spiro atoms. The second-order valence-corrected chi connectivity index (χ2v) is 5.13. The molecule has 0 saturated carbocycles. The average molecular weight is 291 g/mol. The molecule has 1 N–H and O–H groups in total. The molecule has 0 unspecified atom stereocenters. The van der Waals surface area contributed by atoms with Crippen LogP contribution in [0.5, 0.6) is 0 Å². The number of amides is 1. The van der Waals surface area contributed by atoms with Crippen LogP contribution in [0.1, 0.15) is 21.5 Å². The van der Waals surface area contributed by atoms with E-state index in [9.17, 15) is 14.0 Å². The van der Waals surface area contributed by atoms with Crippen LogP contribution in [0.4, 0.5) is 4.39 Å². The Balaban J connectivity index is 2.04. The molecule has 4 heteroatoms. The summed E-state index contributed by atoms with van der Waals surface area (Å²) in [4.78, 5) is 24.9. The number of ketones is 1. The third-order valence-electron chi connectivity index (χ3n) is 3.88. The topological polar surface area (TPSA) is 46.2 Å². The highest BCUT2D eigenvalue weighted by Gasteiger charge is 2.40. The first kappa shape index (κ1) is 12.7. The molecule has 1 heterocycles. The number of hydrogen-bond acceptors (Lipinski definition) is 2. The number of fused-ring (bicyclic) bond motifs is 2. The first-order valence-electron chi connectivity index (χ1n) is 6.84. The molecule has 2 aromatic rings. The van der Waals surface area contributed by atoms with Crippen molar-refractivity contribution in [3.63, 3.8) is 0 Å². The van der Waals surface area contributed by atoms with Gasteiger partial charge in [-0.2, -0.15) is 0 Å². The van der Waals surface area contributed by atoms with Crippen molar-refractivity contribution in [3.8, 4) is 0 Å². The maximum Gasteiger partial charge on any atom is 0.259 e. The Kier molecular flexibility index (Phi) is 2.60. The van der Waals surface area contributed by atoms with Crippen molar-refractivity contribution in [3.05, 3.63) is 82.4 Å². The van der Waals surface area contributed by atoms with Gasteiger partial charge in [0.25, 0.3) is 5.91 Å². The molecule has 2 aromatic carbocycles. The Morgan fingerprint density at radius 2 is 1.41 bits per heavy atom. The Hall–Kier alpha value is -3.01. The van der Waals surface area contributed by atoms with Crippen molar-refractivity contribution in [1.82, 2.24) is 5.32 Å². The Labute approximate surface area is 125 Å². The summed E-state index contributed by atoms with van der Waals surface area (Å²) in [5.41, 5.74) is 1.46. The monoisotopic (exact) mass is 291 g/mol. The molecule has 1 amide bonds. The van der Waals surface area contributed by atoms with Crippen LogP contribution in [-0.2, 0) is 4.79 Å². The van der Waals surface area contributed by atoms with Gasteiger partial charge in [-0.05, 0) is 5.56 Å². The van der Waals surface area contributed by atoms with Crippen LogP contribution in [0.2, 0.25) is 0 Å². The normalized spacial score (nSPS) is 16.6. The van der Waals surface area contributed by atoms with Crippen LogP contribution in [-0.4, -0.2) is 11.7 Å². The molecule has 0 bridgehead atoms. The van der Waals surface area contributed by atoms with E-state index in [2.05, 4.69) is 5.32 Å². The molecule has 0 atom stereocenters. The number of benzene rings is 2. The van der Waals surface area contributed by atoms with Gasteiger partial charge in [0.2, 0.25) is 0 Å². The van der Waals surface area contributed by atoms with Gasteiger partial charge < -0.3 is 5.32 Å². The summed E-state index contributed by atoms with van der Waals surface area (Å²) in [6.07, 6.45) is 0. The van der Waals surface area contributed by atoms with E-state index in [1.54, 1.807) is 42.5 Å². The summed E-state index contributed by atoms with van der Waals surface area (Å²) in [6.45, 7) is 0. The van der Waals surface area contributed by atoms with Crippen molar-refractivity contribution in [1.29, 1.82) is 0 Å². The Morgan fingerprint density at radius 3 is 2.14 bits per heavy atom. The summed E-state index contributed by atoms with van der Waals surface area (Å²) in [5, 5.41) is 2.63. The SMILES string of the molecule is O=C1NC(c2ccccc2)=C2C(=O)c3ccccc3C(F)=C12. The van der Waals surface area contributed by atoms with Crippen molar-refractivity contribution in [2.75, 3.05) is 0 Å². The second kappa shape index (κ2) is 4.49. The van der Waals surface area contributed by atoms with Gasteiger partial charge in [0.05, 0.1) is 16.8 Å². The Morgan fingerprint density at radius 1 is 0.773 bits per heavy atom. The highest BCUT2D eigenvalue weighted by Crippen LogP contribution is 2.41. The largest absolute Gasteiger partial charge is 0.321 e. The number of nitrogens with one attached hydrogen (secondary N) is 1. The van der Waals surface area contributed by atoms with Crippen LogP contribution >= 0.6 is 0 Å². The molecule has 1 aliphatic carbocycles. The third kappa shape index (κ3) is 1.61. The van der Waals surface area contributed by atoms with Crippen LogP contribution in [0, 0.1) is 0 Å². The van der Waals surface area contributed by atoms with E-state index in [4.69, 9.17) is 0 Å². The number of hydrogen-bond donors (Lipinski definition) is 1. The van der Waals surface area contributed by atoms with E-state index in [0.717, 1.165) is 0 Å². The minimum atomic E-state index is -0.645. The minimum Gasteiger partial charge on any atom is -0.321 e. The summed E-state index contributed by atoms with van der Waals surface area (Å²) in [6, 6.07) is 15.4. The second-order valence-electron chi connectivity index (χ2n) is 5.13. The predicted octanol–water partition coefficient (Wildman–Crippen LogP) is 3.10. The third-order valence-corrected chi connectivity index (χ3v) is 3.88. The van der Waals surface area contributed by atoms with E-state index in [1.807, 2.05) is 6.07 Å². The van der Waals surface area contributed by atoms with Crippen molar-refractivity contribution < 1.29 is 14.0 Å². The van der Waals surface area contributed by atoms with Crippen molar-refractivity contribution >= 4 is 23.2 Å². The van der Waals surface area contributed by atoms with Crippen LogP contribution in [0.25, 0.3) is 11.5 Å². The van der Waals surface area contributed by atoms with Crippen molar-refractivity contribution in [2.24, 2.45) is 0 Å². The zero-order valence-corrected chi connectivity index (χ0v) is 11.4. The predicted molar refractivity (Wildman–Crippen MR) is 80.3 cm³/mol. The minimum absolute atomic E-state index is 0.118. The highest BCUT2D eigenvalue weighted by molar-refractivity contribution is 6.32. The van der Waals surface area contributed by atoms with Gasteiger partial charge in [-0.15, -0.1) is 0 Å². The summed E-state index contributed by atoms with van der Waals surface area (Å²) < 4.78 is 14.7. The Bertz CT molecular complexity index is 894. The summed E-state index contributed by atoms with van der Waals surface area (Å²) in [5.74, 6) is -1.55. The number of halogens is 1. The fraction of sp³-hybridized carbons (Fsp3) is 0. The average Bonchev–Trinajstić information content (AvgIpc) is 2.91. The van der Waals surface area contributed by atoms with Crippen LogP contribution in [0.15, 0.2) is 65.7 Å². The zero-order chi connectivity index (χ0) is 15.3. The molecule has 2 aliphatic rings. The zero-order valence-electron chi connectivity index (χ0n) is 11.4. The molecule has 4 rings (SSSR count). The fourth-order valence-electron chi connectivity index (χ4n) is 2.88. The lowest BCUT2D eigenvalue weighted by atomic mass is 9.85. The lowest BCUT2D eigenvalue weighted by Crippen LogP contribution is -2.18. The van der Waals surface area contributed by atoms with E-state index >= 15 is 0 Å². The lowest BCUT2D eigenvalue weighted by Gasteiger charge is -2.16. The van der Waals surface area contributed by atoms with Gasteiger partial charge in [-0.25, -0.2) is 4.39 Å². The maximum atomic E-state index is 14.7. The molecule has 0 radical (unpaired) electrons. The highest BCUT2D eigenvalue weighted by atomic mass is 19.1. The standard InChI is InChI=1S/C18H10FNO2/c19-15-11-8-4-5-9-12(11)17(21)14-13(15)18(22)20-16(14)10-6-2-1-3-7-10/h1-9H,(H,20,22). The smallest absolute Gasteiger partial charge is 0.259 e. The van der Waals surface area contributed by atoms with Gasteiger partial charge in [-0.3, -0.25) is 9.59 Å². The first-order chi connectivity index (χ1) is 10.7. The van der Waals surface area contributed by atoms with E-state index in [-0.39, 0.29) is 28.1 Å². The molecule has 0 fully saturated rings. The lowest BCUT2D eigenvalue weighted by molar-refractivity contribution is -0.115. The van der Waals surface area contributed by atoms with Crippen LogP contribution in [0.3, 0.4) is 0 Å². The molecule has 106 valence electrons. The summed E-state index contributed by atoms with van der Waals surface area (Å²) in [7, 11) is 0. The van der Waals surface area contributed by atoms with E-state index < -0.39 is 11.7 Å². The molecule has 0 aromatic heterocycles. The molecule has 1 aliphatic heterocycles. The molecule has 3 nitrogen and oxygen atoms in total. The first-order valence-corrected chi connectivity index (χ1v) is 6.84. The molecule has 0 saturated heterocycles. The van der Waals surface area contributed by atoms with Crippen LogP contribution < -0.4 is 5.32 Å². The van der Waals surface area contributed by atoms with Gasteiger partial charge in [0.15, 0.2) is 5.78 Å². The molecule has 22 heavy (non-hydrogen) atoms. The molecular formula is C18H10FNO2. The number of carbonyl (C=O) groups excluding carboxylic acids is 2. The number of Topliss-reactive ketones (excluding diaryl/α,β-unsaturated/α-hetero) is 1. The van der Waals surface area contributed by atoms with E-state index in [1.165, 1.54) is 6.07 Å². The summed E-state index contributed by atoms with van der Waals surface area (Å²) >= 11 is 0. The number of carbonyl (C=O) groups is 2. The van der Waals surface area contributed by atoms with Gasteiger partial charge in [-0.1, -0.05) is 54.6 Å². The van der Waals surface area contributed by atoms with Gasteiger partial charge in [0.1, 0.15) is 5.83 Å². The van der Waals surface area contributed by atoms with E-state index in [0.29, 0.717) is 11.3 Å². The maximum absolute atomic E-state index is 14.7. The van der Waals surface area contributed by atoms with Gasteiger partial charge >= 0.3 is 0 Å².